The molecule has 0 aliphatic heterocycles. The van der Waals surface area contributed by atoms with Crippen molar-refractivity contribution in [1.82, 2.24) is 9.55 Å². The highest BCUT2D eigenvalue weighted by Crippen LogP contribution is 2.11. The number of hydrogen-bond acceptors (Lipinski definition) is 4. The van der Waals surface area contributed by atoms with Crippen LogP contribution in [0.15, 0.2) is 6.33 Å². The molecule has 0 aromatic carbocycles. The third-order valence-electron chi connectivity index (χ3n) is 1.70. The van der Waals surface area contributed by atoms with Crippen molar-refractivity contribution in [2.75, 3.05) is 0 Å². The minimum atomic E-state index is -0.592. The Morgan fingerprint density at radius 3 is 2.60 bits per heavy atom. The van der Waals surface area contributed by atoms with Crippen LogP contribution in [-0.2, 0) is 4.74 Å². The van der Waals surface area contributed by atoms with Crippen LogP contribution >= 0.6 is 0 Å². The van der Waals surface area contributed by atoms with Crippen molar-refractivity contribution < 1.29 is 14.3 Å². The van der Waals surface area contributed by atoms with Crippen molar-refractivity contribution in [2.24, 2.45) is 0 Å². The normalized spacial score (nSPS) is 11.2. The molecule has 1 heterocycles. The zero-order valence-corrected chi connectivity index (χ0v) is 9.27. The first kappa shape index (κ1) is 11.4. The molecule has 0 aliphatic rings. The van der Waals surface area contributed by atoms with Crippen molar-refractivity contribution in [3.8, 4) is 0 Å². The molecule has 5 heteroatoms. The minimum Gasteiger partial charge on any atom is -0.443 e. The van der Waals surface area contributed by atoms with Crippen LogP contribution in [0.5, 0.6) is 0 Å². The number of ether oxygens (including phenoxy) is 1. The maximum atomic E-state index is 11.6. The summed E-state index contributed by atoms with van der Waals surface area (Å²) in [7, 11) is 0. The number of carbonyl (C=O) groups is 2. The van der Waals surface area contributed by atoms with E-state index in [1.165, 1.54) is 6.33 Å². The Morgan fingerprint density at radius 2 is 2.13 bits per heavy atom. The molecule has 0 bridgehead atoms. The summed E-state index contributed by atoms with van der Waals surface area (Å²) < 4.78 is 6.21. The Hall–Kier alpha value is -1.65. The number of rotatable bonds is 1. The van der Waals surface area contributed by atoms with Crippen molar-refractivity contribution >= 4 is 12.4 Å². The predicted molar refractivity (Wildman–Crippen MR) is 54.0 cm³/mol. The average Bonchev–Trinajstić information content (AvgIpc) is 2.43. The van der Waals surface area contributed by atoms with Gasteiger partial charge in [-0.1, -0.05) is 0 Å². The van der Waals surface area contributed by atoms with E-state index in [0.717, 1.165) is 4.57 Å². The lowest BCUT2D eigenvalue weighted by Crippen LogP contribution is -2.27. The number of aromatic nitrogens is 2. The first-order valence-corrected chi connectivity index (χ1v) is 4.57. The van der Waals surface area contributed by atoms with Crippen LogP contribution in [-0.4, -0.2) is 27.5 Å². The molecule has 0 fully saturated rings. The zero-order chi connectivity index (χ0) is 11.6. The second kappa shape index (κ2) is 3.84. The molecule has 1 aromatic heterocycles. The van der Waals surface area contributed by atoms with Crippen molar-refractivity contribution in [2.45, 2.75) is 33.3 Å². The van der Waals surface area contributed by atoms with E-state index in [4.69, 9.17) is 4.74 Å². The Kier molecular flexibility index (Phi) is 2.93. The lowest BCUT2D eigenvalue weighted by molar-refractivity contribution is 0.0530. The monoisotopic (exact) mass is 210 g/mol. The quantitative estimate of drug-likeness (QED) is 0.663. The summed E-state index contributed by atoms with van der Waals surface area (Å²) in [5.41, 5.74) is 0.148. The van der Waals surface area contributed by atoms with E-state index in [1.54, 1.807) is 27.7 Å². The summed E-state index contributed by atoms with van der Waals surface area (Å²) in [6.07, 6.45) is 1.28. The number of nitrogens with zero attached hydrogens (tertiary/aromatic N) is 2. The van der Waals surface area contributed by atoms with Crippen LogP contribution in [0.2, 0.25) is 0 Å². The van der Waals surface area contributed by atoms with E-state index < -0.39 is 11.7 Å². The summed E-state index contributed by atoms with van der Waals surface area (Å²) >= 11 is 0. The second-order valence-corrected chi connectivity index (χ2v) is 4.18. The summed E-state index contributed by atoms with van der Waals surface area (Å²) in [5.74, 6) is 0. The fourth-order valence-corrected chi connectivity index (χ4v) is 1.05. The van der Waals surface area contributed by atoms with Gasteiger partial charge in [0.1, 0.15) is 17.6 Å². The van der Waals surface area contributed by atoms with E-state index in [0.29, 0.717) is 12.0 Å². The SMILES string of the molecule is Cc1ncn(C(=O)OC(C)(C)C)c1C=O. The number of aldehydes is 1. The molecule has 0 spiro atoms. The molecule has 0 radical (unpaired) electrons. The molecule has 0 unspecified atom stereocenters. The van der Waals surface area contributed by atoms with Gasteiger partial charge in [0.25, 0.3) is 0 Å². The largest absolute Gasteiger partial charge is 0.443 e. The van der Waals surface area contributed by atoms with Gasteiger partial charge in [0.15, 0.2) is 6.29 Å². The first-order chi connectivity index (χ1) is 6.85. The molecule has 1 aromatic rings. The zero-order valence-electron chi connectivity index (χ0n) is 9.27. The molecule has 5 nitrogen and oxygen atoms in total. The van der Waals surface area contributed by atoms with Gasteiger partial charge in [-0.15, -0.1) is 0 Å². The first-order valence-electron chi connectivity index (χ1n) is 4.57. The van der Waals surface area contributed by atoms with Crippen LogP contribution in [0.1, 0.15) is 37.0 Å². The minimum absolute atomic E-state index is 0.226. The maximum Gasteiger partial charge on any atom is 0.420 e. The van der Waals surface area contributed by atoms with Gasteiger partial charge in [-0.2, -0.15) is 0 Å². The molecule has 0 N–H and O–H groups in total. The average molecular weight is 210 g/mol. The third-order valence-corrected chi connectivity index (χ3v) is 1.70. The summed E-state index contributed by atoms with van der Waals surface area (Å²) in [6.45, 7) is 6.93. The highest BCUT2D eigenvalue weighted by atomic mass is 16.6. The number of imidazole rings is 1. The third kappa shape index (κ3) is 2.65. The predicted octanol–water partition coefficient (Wildman–Crippen LogP) is 1.79. The molecular weight excluding hydrogens is 196 g/mol. The van der Waals surface area contributed by atoms with Crippen molar-refractivity contribution in [3.63, 3.8) is 0 Å². The number of hydrogen-bond donors (Lipinski definition) is 0. The van der Waals surface area contributed by atoms with Gasteiger partial charge < -0.3 is 4.74 Å². The number of carbonyl (C=O) groups excluding carboxylic acids is 2. The molecule has 0 atom stereocenters. The molecule has 82 valence electrons. The topological polar surface area (TPSA) is 61.2 Å². The van der Waals surface area contributed by atoms with Gasteiger partial charge in [-0.3, -0.25) is 4.79 Å². The van der Waals surface area contributed by atoms with Crippen LogP contribution < -0.4 is 0 Å². The van der Waals surface area contributed by atoms with Crippen LogP contribution in [0, 0.1) is 6.92 Å². The molecule has 15 heavy (non-hydrogen) atoms. The summed E-state index contributed by atoms with van der Waals surface area (Å²) in [6, 6.07) is 0. The van der Waals surface area contributed by atoms with Gasteiger partial charge in [0, 0.05) is 0 Å². The second-order valence-electron chi connectivity index (χ2n) is 4.18. The fourth-order valence-electron chi connectivity index (χ4n) is 1.05. The van der Waals surface area contributed by atoms with E-state index in [2.05, 4.69) is 4.98 Å². The fraction of sp³-hybridized carbons (Fsp3) is 0.500. The van der Waals surface area contributed by atoms with Crippen LogP contribution in [0.25, 0.3) is 0 Å². The Morgan fingerprint density at radius 1 is 1.53 bits per heavy atom. The molecule has 0 saturated heterocycles. The Balaban J connectivity index is 2.97. The van der Waals surface area contributed by atoms with E-state index in [9.17, 15) is 9.59 Å². The van der Waals surface area contributed by atoms with Crippen molar-refractivity contribution in [1.29, 1.82) is 0 Å². The van der Waals surface area contributed by atoms with Gasteiger partial charge in [0.05, 0.1) is 5.69 Å². The summed E-state index contributed by atoms with van der Waals surface area (Å²) in [5, 5.41) is 0. The van der Waals surface area contributed by atoms with E-state index in [1.807, 2.05) is 0 Å². The smallest absolute Gasteiger partial charge is 0.420 e. The molecule has 0 amide bonds. The Labute approximate surface area is 88.1 Å². The lowest BCUT2D eigenvalue weighted by Gasteiger charge is -2.19. The van der Waals surface area contributed by atoms with E-state index in [-0.39, 0.29) is 5.69 Å². The van der Waals surface area contributed by atoms with E-state index >= 15 is 0 Å². The van der Waals surface area contributed by atoms with Gasteiger partial charge >= 0.3 is 6.09 Å². The van der Waals surface area contributed by atoms with Crippen molar-refractivity contribution in [3.05, 3.63) is 17.7 Å². The lowest BCUT2D eigenvalue weighted by atomic mass is 10.2. The van der Waals surface area contributed by atoms with Crippen LogP contribution in [0.4, 0.5) is 4.79 Å². The van der Waals surface area contributed by atoms with Gasteiger partial charge in [-0.25, -0.2) is 14.3 Å². The molecular formula is C10H14N2O3. The molecule has 1 rings (SSSR count). The summed E-state index contributed by atoms with van der Waals surface area (Å²) in [4.78, 5) is 26.2. The van der Waals surface area contributed by atoms with Crippen LogP contribution in [0.3, 0.4) is 0 Å². The van der Waals surface area contributed by atoms with Gasteiger partial charge in [0.2, 0.25) is 0 Å². The standard InChI is InChI=1S/C10H14N2O3/c1-7-8(5-13)12(6-11-7)9(14)15-10(2,3)4/h5-6H,1-4H3. The highest BCUT2D eigenvalue weighted by Gasteiger charge is 2.20. The number of aryl methyl sites for hydroxylation is 1. The molecule has 0 saturated carbocycles. The van der Waals surface area contributed by atoms with Gasteiger partial charge in [-0.05, 0) is 27.7 Å². The Bertz CT molecular complexity index is 388. The molecule has 0 aliphatic carbocycles. The highest BCUT2D eigenvalue weighted by molar-refractivity contribution is 5.82. The maximum absolute atomic E-state index is 11.6.